The second kappa shape index (κ2) is 11.8. The maximum Gasteiger partial charge on any atom is 0.334 e. The maximum atomic E-state index is 12.3. The second-order valence-corrected chi connectivity index (χ2v) is 10.7. The van der Waals surface area contributed by atoms with Gasteiger partial charge in [0.2, 0.25) is 0 Å². The van der Waals surface area contributed by atoms with E-state index in [-0.39, 0.29) is 29.5 Å². The van der Waals surface area contributed by atoms with Gasteiger partial charge in [-0.3, -0.25) is 4.79 Å². The Morgan fingerprint density at radius 1 is 1.21 bits per heavy atom. The highest BCUT2D eigenvalue weighted by Gasteiger charge is 2.25. The fourth-order valence-corrected chi connectivity index (χ4v) is 4.86. The summed E-state index contributed by atoms with van der Waals surface area (Å²) < 4.78 is 10.7. The first-order chi connectivity index (χ1) is 13.7. The van der Waals surface area contributed by atoms with Crippen LogP contribution in [0, 0.1) is 0 Å². The van der Waals surface area contributed by atoms with E-state index in [1.807, 2.05) is 19.9 Å². The molecule has 2 aliphatic carbocycles. The smallest absolute Gasteiger partial charge is 0.334 e. The van der Waals surface area contributed by atoms with Gasteiger partial charge in [0.1, 0.15) is 12.7 Å². The Hall–Kier alpha value is -1.20. The Balaban J connectivity index is 1.74. The third-order valence-electron chi connectivity index (χ3n) is 4.97. The summed E-state index contributed by atoms with van der Waals surface area (Å²) >= 11 is 7.73. The first kappa shape index (κ1) is 24.1. The summed E-state index contributed by atoms with van der Waals surface area (Å²) in [5, 5.41) is 0.846. The van der Waals surface area contributed by atoms with Gasteiger partial charge in [0.15, 0.2) is 0 Å². The SMILES string of the molecule is C=C(CC(=O)OC1CCCCCCC1)C(=O)OCC(C)(C)SC1=CCCC(Cl)=C1. The van der Waals surface area contributed by atoms with Gasteiger partial charge in [-0.2, -0.15) is 0 Å². The fraction of sp³-hybridized carbons (Fsp3) is 0.652. The molecule has 0 atom stereocenters. The lowest BCUT2D eigenvalue weighted by Crippen LogP contribution is -2.26. The van der Waals surface area contributed by atoms with E-state index in [0.29, 0.717) is 0 Å². The van der Waals surface area contributed by atoms with Crippen LogP contribution in [0.5, 0.6) is 0 Å². The third kappa shape index (κ3) is 9.43. The zero-order chi connectivity index (χ0) is 21.3. The summed E-state index contributed by atoms with van der Waals surface area (Å²) in [4.78, 5) is 25.6. The van der Waals surface area contributed by atoms with Crippen molar-refractivity contribution in [2.24, 2.45) is 0 Å². The zero-order valence-corrected chi connectivity index (χ0v) is 19.2. The number of hydrogen-bond donors (Lipinski definition) is 0. The highest BCUT2D eigenvalue weighted by Crippen LogP contribution is 2.36. The standard InChI is InChI=1S/C23H33ClO4S/c1-17(14-21(25)28-19-11-7-5-4-6-8-12-19)22(26)27-16-23(2,3)29-20-13-9-10-18(24)15-20/h13,15,19H,1,4-12,14,16H2,2-3H3. The average Bonchev–Trinajstić information content (AvgIpc) is 2.61. The molecule has 0 heterocycles. The van der Waals surface area contributed by atoms with Gasteiger partial charge in [-0.05, 0) is 58.4 Å². The molecule has 4 nitrogen and oxygen atoms in total. The Morgan fingerprint density at radius 2 is 1.86 bits per heavy atom. The van der Waals surface area contributed by atoms with Crippen LogP contribution in [0.3, 0.4) is 0 Å². The lowest BCUT2D eigenvalue weighted by atomic mass is 9.98. The number of halogens is 1. The number of thioether (sulfide) groups is 1. The van der Waals surface area contributed by atoms with Crippen LogP contribution in [0.25, 0.3) is 0 Å². The molecule has 2 aliphatic rings. The summed E-state index contributed by atoms with van der Waals surface area (Å²) in [5.41, 5.74) is 0.140. The largest absolute Gasteiger partial charge is 0.462 e. The van der Waals surface area contributed by atoms with Crippen molar-refractivity contribution < 1.29 is 19.1 Å². The summed E-state index contributed by atoms with van der Waals surface area (Å²) in [7, 11) is 0. The van der Waals surface area contributed by atoms with Crippen LogP contribution in [0.4, 0.5) is 0 Å². The molecular formula is C23H33ClO4S. The van der Waals surface area contributed by atoms with Gasteiger partial charge in [-0.1, -0.05) is 43.5 Å². The molecule has 0 radical (unpaired) electrons. The lowest BCUT2D eigenvalue weighted by molar-refractivity contribution is -0.151. The zero-order valence-electron chi connectivity index (χ0n) is 17.6. The Labute approximate surface area is 184 Å². The first-order valence-electron chi connectivity index (χ1n) is 10.5. The second-order valence-electron chi connectivity index (χ2n) is 8.41. The topological polar surface area (TPSA) is 52.6 Å². The van der Waals surface area contributed by atoms with E-state index in [0.717, 1.165) is 48.5 Å². The van der Waals surface area contributed by atoms with Gasteiger partial charge in [0, 0.05) is 20.3 Å². The third-order valence-corrected chi connectivity index (χ3v) is 6.46. The van der Waals surface area contributed by atoms with Crippen LogP contribution in [-0.2, 0) is 19.1 Å². The van der Waals surface area contributed by atoms with Crippen molar-refractivity contribution in [2.45, 2.75) is 88.9 Å². The predicted octanol–water partition coefficient (Wildman–Crippen LogP) is 6.44. The molecule has 0 aromatic heterocycles. The van der Waals surface area contributed by atoms with Gasteiger partial charge >= 0.3 is 11.9 Å². The molecule has 0 unspecified atom stereocenters. The van der Waals surface area contributed by atoms with Crippen LogP contribution in [0.15, 0.2) is 34.2 Å². The van der Waals surface area contributed by atoms with E-state index in [2.05, 4.69) is 12.7 Å². The molecule has 1 fully saturated rings. The average molecular weight is 441 g/mol. The molecule has 29 heavy (non-hydrogen) atoms. The van der Waals surface area contributed by atoms with E-state index in [1.165, 1.54) is 19.3 Å². The number of ether oxygens (including phenoxy) is 2. The highest BCUT2D eigenvalue weighted by atomic mass is 35.5. The Morgan fingerprint density at radius 3 is 2.52 bits per heavy atom. The Bertz CT molecular complexity index is 658. The molecular weight excluding hydrogens is 408 g/mol. The number of esters is 2. The number of rotatable bonds is 8. The summed E-state index contributed by atoms with van der Waals surface area (Å²) in [5.74, 6) is -0.933. The van der Waals surface area contributed by atoms with Gasteiger partial charge in [-0.15, -0.1) is 11.8 Å². The van der Waals surface area contributed by atoms with Gasteiger partial charge in [-0.25, -0.2) is 4.79 Å². The van der Waals surface area contributed by atoms with E-state index in [4.69, 9.17) is 21.1 Å². The van der Waals surface area contributed by atoms with Crippen LogP contribution in [0.2, 0.25) is 0 Å². The van der Waals surface area contributed by atoms with E-state index >= 15 is 0 Å². The van der Waals surface area contributed by atoms with E-state index in [1.54, 1.807) is 11.8 Å². The normalized spacial score (nSPS) is 18.7. The molecule has 1 saturated carbocycles. The molecule has 6 heteroatoms. The van der Waals surface area contributed by atoms with Crippen LogP contribution < -0.4 is 0 Å². The fourth-order valence-electron chi connectivity index (χ4n) is 3.41. The molecule has 0 aromatic carbocycles. The maximum absolute atomic E-state index is 12.3. The first-order valence-corrected chi connectivity index (χ1v) is 11.7. The minimum atomic E-state index is -0.542. The van der Waals surface area contributed by atoms with Crippen molar-refractivity contribution in [1.82, 2.24) is 0 Å². The molecule has 0 spiro atoms. The molecule has 162 valence electrons. The van der Waals surface area contributed by atoms with Crippen LogP contribution in [-0.4, -0.2) is 29.4 Å². The molecule has 0 amide bonds. The number of carbonyl (C=O) groups excluding carboxylic acids is 2. The minimum Gasteiger partial charge on any atom is -0.462 e. The quantitative estimate of drug-likeness (QED) is 0.321. The predicted molar refractivity (Wildman–Crippen MR) is 120 cm³/mol. The lowest BCUT2D eigenvalue weighted by Gasteiger charge is -2.25. The number of allylic oxidation sites excluding steroid dienone is 3. The molecule has 0 aliphatic heterocycles. The minimum absolute atomic E-state index is 0.0365. The number of carbonyl (C=O) groups is 2. The molecule has 2 rings (SSSR count). The van der Waals surface area contributed by atoms with Crippen molar-refractivity contribution in [3.8, 4) is 0 Å². The van der Waals surface area contributed by atoms with Crippen LogP contribution >= 0.6 is 23.4 Å². The monoisotopic (exact) mass is 440 g/mol. The van der Waals surface area contributed by atoms with Gasteiger partial charge in [0.25, 0.3) is 0 Å². The number of hydrogen-bond acceptors (Lipinski definition) is 5. The summed E-state index contributed by atoms with van der Waals surface area (Å²) in [6.45, 7) is 7.96. The molecule has 0 aromatic rings. The van der Waals surface area contributed by atoms with Crippen molar-refractivity contribution in [1.29, 1.82) is 0 Å². The van der Waals surface area contributed by atoms with Crippen molar-refractivity contribution in [3.63, 3.8) is 0 Å². The van der Waals surface area contributed by atoms with Crippen LogP contribution in [0.1, 0.15) is 78.1 Å². The van der Waals surface area contributed by atoms with Gasteiger partial charge in [0.05, 0.1) is 6.42 Å². The van der Waals surface area contributed by atoms with Crippen molar-refractivity contribution >= 4 is 35.3 Å². The molecule has 0 bridgehead atoms. The van der Waals surface area contributed by atoms with E-state index in [9.17, 15) is 9.59 Å². The van der Waals surface area contributed by atoms with Gasteiger partial charge < -0.3 is 9.47 Å². The van der Waals surface area contributed by atoms with Crippen molar-refractivity contribution in [3.05, 3.63) is 34.2 Å². The summed E-state index contributed by atoms with van der Waals surface area (Å²) in [6.07, 6.45) is 13.4. The highest BCUT2D eigenvalue weighted by molar-refractivity contribution is 8.04. The summed E-state index contributed by atoms with van der Waals surface area (Å²) in [6, 6.07) is 0. The van der Waals surface area contributed by atoms with Crippen molar-refractivity contribution in [2.75, 3.05) is 6.61 Å². The van der Waals surface area contributed by atoms with E-state index < -0.39 is 11.9 Å². The Kier molecular flexibility index (Phi) is 9.84. The molecule has 0 saturated heterocycles. The molecule has 0 N–H and O–H groups in total.